The molecule has 0 aliphatic heterocycles. The van der Waals surface area contributed by atoms with Crippen molar-refractivity contribution in [1.82, 2.24) is 10.2 Å². The molecule has 0 aromatic heterocycles. The Labute approximate surface area is 125 Å². The largest absolute Gasteiger partial charge is 0.394 e. The summed E-state index contributed by atoms with van der Waals surface area (Å²) in [5, 5.41) is 13.3. The first kappa shape index (κ1) is 16.3. The van der Waals surface area contributed by atoms with Crippen molar-refractivity contribution in [3.05, 3.63) is 0 Å². The Kier molecular flexibility index (Phi) is 5.88. The van der Waals surface area contributed by atoms with Gasteiger partial charge in [-0.15, -0.1) is 0 Å². The highest BCUT2D eigenvalue weighted by Gasteiger charge is 2.41. The zero-order valence-corrected chi connectivity index (χ0v) is 13.7. The summed E-state index contributed by atoms with van der Waals surface area (Å²) < 4.78 is 0. The summed E-state index contributed by atoms with van der Waals surface area (Å²) in [6, 6.07) is 1.43. The first-order valence-electron chi connectivity index (χ1n) is 8.72. The minimum Gasteiger partial charge on any atom is -0.394 e. The van der Waals surface area contributed by atoms with Crippen LogP contribution in [0.15, 0.2) is 0 Å². The standard InChI is InChI=1S/C17H34N2O/c1-4-14-6-8-15(9-7-14)19(3)16-10-11-17(12-16,13-20)18-5-2/h14-16,18,20H,4-13H2,1-3H3. The second kappa shape index (κ2) is 7.24. The molecule has 0 heterocycles. The Bertz CT molecular complexity index is 289. The smallest absolute Gasteiger partial charge is 0.0613 e. The molecule has 0 aromatic rings. The van der Waals surface area contributed by atoms with Crippen LogP contribution in [0.3, 0.4) is 0 Å². The summed E-state index contributed by atoms with van der Waals surface area (Å²) in [6.45, 7) is 5.71. The Morgan fingerprint density at radius 2 is 1.80 bits per heavy atom. The predicted octanol–water partition coefficient (Wildman–Crippen LogP) is 2.78. The third-order valence-corrected chi connectivity index (χ3v) is 5.98. The molecule has 118 valence electrons. The van der Waals surface area contributed by atoms with Crippen molar-refractivity contribution in [3.8, 4) is 0 Å². The van der Waals surface area contributed by atoms with E-state index in [2.05, 4.69) is 31.1 Å². The number of nitrogens with zero attached hydrogens (tertiary/aromatic N) is 1. The molecule has 3 heteroatoms. The third-order valence-electron chi connectivity index (χ3n) is 5.98. The minimum atomic E-state index is -0.00566. The quantitative estimate of drug-likeness (QED) is 0.786. The molecule has 2 fully saturated rings. The van der Waals surface area contributed by atoms with Crippen LogP contribution in [0.4, 0.5) is 0 Å². The molecule has 0 saturated heterocycles. The SMILES string of the molecule is CCNC1(CO)CCC(N(C)C2CCC(CC)CC2)C1. The van der Waals surface area contributed by atoms with Gasteiger partial charge in [0.25, 0.3) is 0 Å². The fourth-order valence-electron chi connectivity index (χ4n) is 4.44. The van der Waals surface area contributed by atoms with E-state index in [9.17, 15) is 5.11 Å². The molecule has 2 aliphatic rings. The number of hydrogen-bond donors (Lipinski definition) is 2. The van der Waals surface area contributed by atoms with Crippen molar-refractivity contribution < 1.29 is 5.11 Å². The maximum absolute atomic E-state index is 9.74. The lowest BCUT2D eigenvalue weighted by molar-refractivity contribution is 0.106. The van der Waals surface area contributed by atoms with E-state index >= 15 is 0 Å². The summed E-state index contributed by atoms with van der Waals surface area (Å²) in [5.74, 6) is 0.974. The second-order valence-electron chi connectivity index (χ2n) is 7.11. The maximum atomic E-state index is 9.74. The molecular formula is C17H34N2O. The summed E-state index contributed by atoms with van der Waals surface area (Å²) in [7, 11) is 2.32. The van der Waals surface area contributed by atoms with Gasteiger partial charge in [0.05, 0.1) is 6.61 Å². The molecule has 2 atom stereocenters. The predicted molar refractivity (Wildman–Crippen MR) is 84.9 cm³/mol. The van der Waals surface area contributed by atoms with E-state index in [4.69, 9.17) is 0 Å². The molecule has 2 N–H and O–H groups in total. The molecular weight excluding hydrogens is 248 g/mol. The highest BCUT2D eigenvalue weighted by Crippen LogP contribution is 2.36. The van der Waals surface area contributed by atoms with Crippen molar-refractivity contribution in [2.45, 2.75) is 82.8 Å². The molecule has 3 nitrogen and oxygen atoms in total. The van der Waals surface area contributed by atoms with Crippen molar-refractivity contribution in [1.29, 1.82) is 0 Å². The Morgan fingerprint density at radius 3 is 2.35 bits per heavy atom. The zero-order chi connectivity index (χ0) is 14.6. The summed E-state index contributed by atoms with van der Waals surface area (Å²) in [4.78, 5) is 2.64. The van der Waals surface area contributed by atoms with E-state index in [-0.39, 0.29) is 12.1 Å². The van der Waals surface area contributed by atoms with Gasteiger partial charge in [0, 0.05) is 17.6 Å². The highest BCUT2D eigenvalue weighted by molar-refractivity contribution is 5.00. The van der Waals surface area contributed by atoms with E-state index in [1.807, 2.05) is 0 Å². The Balaban J connectivity index is 1.86. The lowest BCUT2D eigenvalue weighted by Crippen LogP contribution is -2.48. The fraction of sp³-hybridized carbons (Fsp3) is 1.00. The normalized spacial score (nSPS) is 38.5. The van der Waals surface area contributed by atoms with Crippen LogP contribution in [0.2, 0.25) is 0 Å². The Hall–Kier alpha value is -0.120. The van der Waals surface area contributed by atoms with Gasteiger partial charge in [-0.25, -0.2) is 0 Å². The summed E-state index contributed by atoms with van der Waals surface area (Å²) in [6.07, 6.45) is 10.4. The third kappa shape index (κ3) is 3.55. The van der Waals surface area contributed by atoms with E-state index in [1.165, 1.54) is 38.5 Å². The highest BCUT2D eigenvalue weighted by atomic mass is 16.3. The van der Waals surface area contributed by atoms with E-state index < -0.39 is 0 Å². The van der Waals surface area contributed by atoms with Gasteiger partial charge >= 0.3 is 0 Å². The topological polar surface area (TPSA) is 35.5 Å². The van der Waals surface area contributed by atoms with Gasteiger partial charge in [0.1, 0.15) is 0 Å². The van der Waals surface area contributed by atoms with Crippen molar-refractivity contribution in [3.63, 3.8) is 0 Å². The zero-order valence-electron chi connectivity index (χ0n) is 13.7. The number of aliphatic hydroxyl groups is 1. The van der Waals surface area contributed by atoms with Gasteiger partial charge in [-0.2, -0.15) is 0 Å². The maximum Gasteiger partial charge on any atom is 0.0613 e. The molecule has 20 heavy (non-hydrogen) atoms. The second-order valence-corrected chi connectivity index (χ2v) is 7.11. The molecule has 0 spiro atoms. The molecule has 2 unspecified atom stereocenters. The van der Waals surface area contributed by atoms with Crippen LogP contribution >= 0.6 is 0 Å². The average molecular weight is 282 g/mol. The molecule has 0 radical (unpaired) electrons. The first-order chi connectivity index (χ1) is 9.64. The molecule has 2 saturated carbocycles. The molecule has 2 aliphatic carbocycles. The monoisotopic (exact) mass is 282 g/mol. The number of hydrogen-bond acceptors (Lipinski definition) is 3. The Morgan fingerprint density at radius 1 is 1.10 bits per heavy atom. The van der Waals surface area contributed by atoms with Crippen molar-refractivity contribution in [2.75, 3.05) is 20.2 Å². The number of likely N-dealkylation sites (N-methyl/N-ethyl adjacent to an activating group) is 1. The number of rotatable bonds is 6. The molecule has 2 rings (SSSR count). The van der Waals surface area contributed by atoms with Crippen LogP contribution in [-0.4, -0.2) is 47.8 Å². The van der Waals surface area contributed by atoms with Crippen LogP contribution < -0.4 is 5.32 Å². The van der Waals surface area contributed by atoms with Crippen LogP contribution in [0.1, 0.15) is 65.2 Å². The van der Waals surface area contributed by atoms with Crippen LogP contribution in [0.25, 0.3) is 0 Å². The van der Waals surface area contributed by atoms with Crippen molar-refractivity contribution >= 4 is 0 Å². The van der Waals surface area contributed by atoms with E-state index in [0.29, 0.717) is 6.04 Å². The van der Waals surface area contributed by atoms with E-state index in [0.717, 1.165) is 31.3 Å². The van der Waals surface area contributed by atoms with Gasteiger partial charge in [-0.05, 0) is 64.5 Å². The number of nitrogens with one attached hydrogen (secondary N) is 1. The van der Waals surface area contributed by atoms with Crippen LogP contribution in [-0.2, 0) is 0 Å². The summed E-state index contributed by atoms with van der Waals surface area (Å²) in [5.41, 5.74) is -0.00566. The lowest BCUT2D eigenvalue weighted by Gasteiger charge is -2.38. The average Bonchev–Trinajstić information content (AvgIpc) is 2.92. The minimum absolute atomic E-state index is 0.00566. The van der Waals surface area contributed by atoms with Gasteiger partial charge in [-0.3, -0.25) is 0 Å². The van der Waals surface area contributed by atoms with Gasteiger partial charge in [-0.1, -0.05) is 20.3 Å². The molecule has 0 aromatic carbocycles. The lowest BCUT2D eigenvalue weighted by atomic mass is 9.83. The van der Waals surface area contributed by atoms with Gasteiger partial charge in [0.2, 0.25) is 0 Å². The molecule has 0 bridgehead atoms. The van der Waals surface area contributed by atoms with Crippen LogP contribution in [0.5, 0.6) is 0 Å². The molecule has 0 amide bonds. The van der Waals surface area contributed by atoms with Gasteiger partial charge in [0.15, 0.2) is 0 Å². The first-order valence-corrected chi connectivity index (χ1v) is 8.72. The van der Waals surface area contributed by atoms with Crippen LogP contribution in [0, 0.1) is 5.92 Å². The fourth-order valence-corrected chi connectivity index (χ4v) is 4.44. The van der Waals surface area contributed by atoms with Crippen molar-refractivity contribution in [2.24, 2.45) is 5.92 Å². The van der Waals surface area contributed by atoms with E-state index in [1.54, 1.807) is 0 Å². The summed E-state index contributed by atoms with van der Waals surface area (Å²) >= 11 is 0. The van der Waals surface area contributed by atoms with Gasteiger partial charge < -0.3 is 15.3 Å². The number of aliphatic hydroxyl groups excluding tert-OH is 1.